The molecule has 2 amide bonds. The Labute approximate surface area is 213 Å². The molecule has 6 nitrogen and oxygen atoms in total. The first kappa shape index (κ1) is 23.7. The Morgan fingerprint density at radius 2 is 1.89 bits per heavy atom. The summed E-state index contributed by atoms with van der Waals surface area (Å²) in [5, 5.41) is 14.6. The third-order valence-corrected chi connectivity index (χ3v) is 8.95. The fraction of sp³-hybridized carbons (Fsp3) is 0.533. The SMILES string of the molecule is CC1(C)CN(C[C@@H](O)[C@@H]2Cc3ccccc3CN2)C(=O)c2ccc(N3C(=O)CC4CCCC3C4)cc21. The summed E-state index contributed by atoms with van der Waals surface area (Å²) in [6.07, 6.45) is 5.27. The highest BCUT2D eigenvalue weighted by Crippen LogP contribution is 2.41. The molecular weight excluding hydrogens is 450 g/mol. The van der Waals surface area contributed by atoms with E-state index in [0.29, 0.717) is 31.0 Å². The van der Waals surface area contributed by atoms with Gasteiger partial charge in [0, 0.05) is 54.8 Å². The average Bonchev–Trinajstić information content (AvgIpc) is 2.86. The highest BCUT2D eigenvalue weighted by atomic mass is 16.3. The normalized spacial score (nSPS) is 27.9. The molecule has 2 bridgehead atoms. The number of nitrogens with zero attached hydrogens (tertiary/aromatic N) is 2. The zero-order valence-electron chi connectivity index (χ0n) is 21.4. The zero-order chi connectivity index (χ0) is 25.0. The number of hydrogen-bond acceptors (Lipinski definition) is 4. The van der Waals surface area contributed by atoms with Crippen molar-refractivity contribution in [2.45, 2.75) is 82.5 Å². The van der Waals surface area contributed by atoms with Crippen LogP contribution in [0.15, 0.2) is 42.5 Å². The molecule has 6 heteroatoms. The van der Waals surface area contributed by atoms with Crippen LogP contribution in [0.25, 0.3) is 0 Å². The highest BCUT2D eigenvalue weighted by molar-refractivity contribution is 6.00. The number of fused-ring (bicyclic) bond motifs is 4. The van der Waals surface area contributed by atoms with Crippen molar-refractivity contribution in [3.05, 3.63) is 64.7 Å². The van der Waals surface area contributed by atoms with Crippen molar-refractivity contribution in [3.8, 4) is 0 Å². The van der Waals surface area contributed by atoms with Crippen LogP contribution in [0.1, 0.15) is 73.0 Å². The second-order valence-electron chi connectivity index (χ2n) is 12.0. The topological polar surface area (TPSA) is 72.9 Å². The summed E-state index contributed by atoms with van der Waals surface area (Å²) >= 11 is 0. The van der Waals surface area contributed by atoms with Gasteiger partial charge in [0.15, 0.2) is 0 Å². The van der Waals surface area contributed by atoms with Crippen LogP contribution >= 0.6 is 0 Å². The van der Waals surface area contributed by atoms with Gasteiger partial charge < -0.3 is 20.2 Å². The number of nitrogens with one attached hydrogen (secondary N) is 1. The Hall–Kier alpha value is -2.70. The number of anilines is 1. The van der Waals surface area contributed by atoms with E-state index in [1.165, 1.54) is 24.0 Å². The number of aliphatic hydroxyl groups is 1. The van der Waals surface area contributed by atoms with Crippen LogP contribution in [-0.4, -0.2) is 53.1 Å². The molecule has 0 spiro atoms. The van der Waals surface area contributed by atoms with E-state index in [4.69, 9.17) is 0 Å². The maximum atomic E-state index is 13.6. The number of benzene rings is 2. The zero-order valence-corrected chi connectivity index (χ0v) is 21.4. The van der Waals surface area contributed by atoms with Crippen molar-refractivity contribution in [2.75, 3.05) is 18.0 Å². The van der Waals surface area contributed by atoms with Crippen molar-refractivity contribution in [1.82, 2.24) is 10.2 Å². The van der Waals surface area contributed by atoms with Crippen molar-refractivity contribution >= 4 is 17.5 Å². The monoisotopic (exact) mass is 487 g/mol. The van der Waals surface area contributed by atoms with Gasteiger partial charge in [0.05, 0.1) is 6.10 Å². The van der Waals surface area contributed by atoms with Crippen molar-refractivity contribution in [3.63, 3.8) is 0 Å². The van der Waals surface area contributed by atoms with Crippen LogP contribution in [0.3, 0.4) is 0 Å². The molecule has 2 aromatic carbocycles. The lowest BCUT2D eigenvalue weighted by atomic mass is 9.76. The molecule has 1 saturated carbocycles. The fourth-order valence-corrected chi connectivity index (χ4v) is 7.07. The number of carbonyl (C=O) groups is 2. The van der Waals surface area contributed by atoms with E-state index >= 15 is 0 Å². The Balaban J connectivity index is 1.21. The second kappa shape index (κ2) is 9.00. The molecule has 2 aromatic rings. The van der Waals surface area contributed by atoms with Crippen molar-refractivity contribution in [1.29, 1.82) is 0 Å². The second-order valence-corrected chi connectivity index (χ2v) is 12.0. The number of aliphatic hydroxyl groups excluding tert-OH is 1. The van der Waals surface area contributed by atoms with E-state index in [9.17, 15) is 14.7 Å². The Bertz CT molecular complexity index is 1190. The molecule has 2 N–H and O–H groups in total. The lowest BCUT2D eigenvalue weighted by molar-refractivity contribution is -0.122. The van der Waals surface area contributed by atoms with Gasteiger partial charge in [0.1, 0.15) is 0 Å². The Morgan fingerprint density at radius 1 is 1.08 bits per heavy atom. The molecular formula is C30H37N3O3. The summed E-state index contributed by atoms with van der Waals surface area (Å²) < 4.78 is 0. The molecule has 1 aliphatic carbocycles. The largest absolute Gasteiger partial charge is 0.390 e. The first-order valence-electron chi connectivity index (χ1n) is 13.5. The van der Waals surface area contributed by atoms with Gasteiger partial charge in [0.2, 0.25) is 5.91 Å². The van der Waals surface area contributed by atoms with Gasteiger partial charge in [-0.1, -0.05) is 44.5 Å². The van der Waals surface area contributed by atoms with Crippen molar-refractivity contribution < 1.29 is 14.7 Å². The predicted octanol–water partition coefficient (Wildman–Crippen LogP) is 3.79. The average molecular weight is 488 g/mol. The molecule has 2 unspecified atom stereocenters. The minimum atomic E-state index is -0.649. The molecule has 1 saturated heterocycles. The van der Waals surface area contributed by atoms with Gasteiger partial charge in [0.25, 0.3) is 5.91 Å². The molecule has 3 aliphatic heterocycles. The van der Waals surface area contributed by atoms with Gasteiger partial charge in [-0.3, -0.25) is 9.59 Å². The Morgan fingerprint density at radius 3 is 2.72 bits per heavy atom. The van der Waals surface area contributed by atoms with E-state index in [-0.39, 0.29) is 29.3 Å². The van der Waals surface area contributed by atoms with Gasteiger partial charge >= 0.3 is 0 Å². The summed E-state index contributed by atoms with van der Waals surface area (Å²) in [6.45, 7) is 5.90. The van der Waals surface area contributed by atoms with Gasteiger partial charge in [-0.15, -0.1) is 0 Å². The lowest BCUT2D eigenvalue weighted by Gasteiger charge is -2.44. The molecule has 190 valence electrons. The van der Waals surface area contributed by atoms with E-state index < -0.39 is 6.10 Å². The van der Waals surface area contributed by atoms with Gasteiger partial charge in [-0.25, -0.2) is 0 Å². The quantitative estimate of drug-likeness (QED) is 0.688. The molecule has 0 radical (unpaired) electrons. The van der Waals surface area contributed by atoms with Crippen molar-refractivity contribution in [2.24, 2.45) is 5.92 Å². The van der Waals surface area contributed by atoms with Gasteiger partial charge in [-0.05, 0) is 66.5 Å². The predicted molar refractivity (Wildman–Crippen MR) is 140 cm³/mol. The van der Waals surface area contributed by atoms with E-state index in [2.05, 4.69) is 37.4 Å². The van der Waals surface area contributed by atoms with Crippen LogP contribution in [0.2, 0.25) is 0 Å². The Kier molecular flexibility index (Phi) is 5.92. The summed E-state index contributed by atoms with van der Waals surface area (Å²) in [5.41, 5.74) is 4.89. The smallest absolute Gasteiger partial charge is 0.254 e. The standard InChI is InChI=1S/C30H37N3O3/c1-30(2)18-32(17-27(34)26-14-20-7-3-4-8-21(20)16-31-26)29(36)24-11-10-23(15-25(24)30)33-22-9-5-6-19(12-22)13-28(33)35/h3-4,7-8,10-11,15,19,22,26-27,31,34H,5-6,9,12-14,16-18H2,1-2H3/t19?,22?,26-,27+/m0/s1. The number of rotatable bonds is 4. The molecule has 2 fully saturated rings. The van der Waals surface area contributed by atoms with Crippen LogP contribution in [0.4, 0.5) is 5.69 Å². The fourth-order valence-electron chi connectivity index (χ4n) is 7.07. The molecule has 4 aliphatic rings. The first-order valence-corrected chi connectivity index (χ1v) is 13.5. The number of piperidine rings is 1. The number of carbonyl (C=O) groups excluding carboxylic acids is 2. The third-order valence-electron chi connectivity index (χ3n) is 8.95. The summed E-state index contributed by atoms with van der Waals surface area (Å²) in [5.74, 6) is 0.728. The maximum Gasteiger partial charge on any atom is 0.254 e. The minimum absolute atomic E-state index is 0.0335. The molecule has 3 heterocycles. The van der Waals surface area contributed by atoms with E-state index in [1.54, 1.807) is 0 Å². The van der Waals surface area contributed by atoms with Crippen LogP contribution in [0.5, 0.6) is 0 Å². The summed E-state index contributed by atoms with van der Waals surface area (Å²) in [4.78, 5) is 30.4. The van der Waals surface area contributed by atoms with E-state index in [0.717, 1.165) is 37.1 Å². The third kappa shape index (κ3) is 4.14. The molecule has 0 aromatic heterocycles. The van der Waals surface area contributed by atoms with Crippen LogP contribution in [0, 0.1) is 5.92 Å². The maximum absolute atomic E-state index is 13.6. The highest BCUT2D eigenvalue weighted by Gasteiger charge is 2.41. The summed E-state index contributed by atoms with van der Waals surface area (Å²) in [6, 6.07) is 14.5. The van der Waals surface area contributed by atoms with Crippen LogP contribution in [-0.2, 0) is 23.2 Å². The minimum Gasteiger partial charge on any atom is -0.390 e. The lowest BCUT2D eigenvalue weighted by Crippen LogP contribution is -2.54. The number of β-amino-alcohol motifs (C(OH)–C–C–N with tert-alkyl or cyclic N) is 1. The van der Waals surface area contributed by atoms with Gasteiger partial charge in [-0.2, -0.15) is 0 Å². The number of amides is 2. The molecule has 36 heavy (non-hydrogen) atoms. The molecule has 6 rings (SSSR count). The number of hydrogen-bond donors (Lipinski definition) is 2. The molecule has 4 atom stereocenters. The van der Waals surface area contributed by atoms with E-state index in [1.807, 2.05) is 34.1 Å². The first-order chi connectivity index (χ1) is 17.3. The van der Waals surface area contributed by atoms with Crippen LogP contribution < -0.4 is 10.2 Å². The summed E-state index contributed by atoms with van der Waals surface area (Å²) in [7, 11) is 0.